The van der Waals surface area contributed by atoms with Crippen LogP contribution in [-0.4, -0.2) is 20.2 Å². The zero-order chi connectivity index (χ0) is 19.9. The first-order chi connectivity index (χ1) is 12.9. The maximum atomic E-state index is 12.9. The van der Waals surface area contributed by atoms with Gasteiger partial charge in [-0.1, -0.05) is 24.3 Å². The van der Waals surface area contributed by atoms with Gasteiger partial charge in [-0.15, -0.1) is 0 Å². The van der Waals surface area contributed by atoms with Gasteiger partial charge >= 0.3 is 0 Å². The van der Waals surface area contributed by atoms with E-state index < -0.39 is 9.84 Å². The smallest absolute Gasteiger partial charge is 0.248 e. The Hall–Kier alpha value is -3.19. The third kappa shape index (κ3) is 5.39. The van der Waals surface area contributed by atoms with E-state index in [4.69, 9.17) is 0 Å². The van der Waals surface area contributed by atoms with E-state index >= 15 is 0 Å². The average Bonchev–Trinajstić information content (AvgIpc) is 2.62. The summed E-state index contributed by atoms with van der Waals surface area (Å²) in [6, 6.07) is 12.0. The molecule has 6 nitrogen and oxygen atoms in total. The fourth-order valence-corrected chi connectivity index (χ4v) is 3.64. The summed E-state index contributed by atoms with van der Waals surface area (Å²) in [6.07, 6.45) is 5.86. The van der Waals surface area contributed by atoms with Crippen LogP contribution in [0, 0.1) is 0 Å². The molecule has 7 heteroatoms. The Kier molecular flexibility index (Phi) is 6.67. The minimum absolute atomic E-state index is 0.0395. The monoisotopic (exact) mass is 384 g/mol. The summed E-state index contributed by atoms with van der Waals surface area (Å²) in [7, 11) is -3.82. The molecular weight excluding hydrogens is 364 g/mol. The highest BCUT2D eigenvalue weighted by molar-refractivity contribution is 7.91. The average molecular weight is 384 g/mol. The molecule has 0 radical (unpaired) electrons. The number of amides is 2. The Bertz CT molecular complexity index is 933. The van der Waals surface area contributed by atoms with Crippen LogP contribution in [0.4, 0.5) is 11.4 Å². The lowest BCUT2D eigenvalue weighted by Gasteiger charge is -2.09. The molecule has 0 heterocycles. The first-order valence-corrected chi connectivity index (χ1v) is 9.67. The second-order valence-electron chi connectivity index (χ2n) is 5.54. The zero-order valence-corrected chi connectivity index (χ0v) is 15.8. The first-order valence-electron chi connectivity index (χ1n) is 8.19. The van der Waals surface area contributed by atoms with Crippen LogP contribution in [-0.2, 0) is 19.4 Å². The Morgan fingerprint density at radius 2 is 1.19 bits per heavy atom. The van der Waals surface area contributed by atoms with Crippen LogP contribution < -0.4 is 10.6 Å². The summed E-state index contributed by atoms with van der Waals surface area (Å²) in [5.41, 5.74) is 0.744. The molecule has 0 fully saturated rings. The van der Waals surface area contributed by atoms with Crippen molar-refractivity contribution >= 4 is 33.0 Å². The summed E-state index contributed by atoms with van der Waals surface area (Å²) in [6.45, 7) is 3.42. The molecule has 0 atom stereocenters. The SMILES string of the molecule is CC=CC(=O)Nc1cccc(S(=O)(=O)c2cccc(NC(=O)C=CC)c2)c1. The molecule has 2 amide bonds. The molecule has 2 rings (SSSR count). The lowest BCUT2D eigenvalue weighted by molar-refractivity contribution is -0.112. The molecule has 0 aromatic heterocycles. The number of benzene rings is 2. The summed E-state index contributed by atoms with van der Waals surface area (Å²) in [5.74, 6) is -0.693. The molecule has 0 saturated heterocycles. The Balaban J connectivity index is 2.33. The molecule has 0 aliphatic heterocycles. The van der Waals surface area contributed by atoms with Crippen molar-refractivity contribution in [3.63, 3.8) is 0 Å². The van der Waals surface area contributed by atoms with Crippen molar-refractivity contribution in [1.82, 2.24) is 0 Å². The van der Waals surface area contributed by atoms with Gasteiger partial charge < -0.3 is 10.6 Å². The number of carbonyl (C=O) groups excluding carboxylic acids is 2. The molecule has 0 aliphatic carbocycles. The molecule has 0 saturated carbocycles. The third-order valence-corrected chi connectivity index (χ3v) is 5.21. The second-order valence-corrected chi connectivity index (χ2v) is 7.49. The van der Waals surface area contributed by atoms with E-state index in [-0.39, 0.29) is 21.6 Å². The Morgan fingerprint density at radius 3 is 1.56 bits per heavy atom. The fraction of sp³-hybridized carbons (Fsp3) is 0.100. The maximum Gasteiger partial charge on any atom is 0.248 e. The van der Waals surface area contributed by atoms with Crippen LogP contribution in [0.1, 0.15) is 13.8 Å². The number of allylic oxidation sites excluding steroid dienone is 2. The second kappa shape index (κ2) is 8.95. The van der Waals surface area contributed by atoms with E-state index in [2.05, 4.69) is 10.6 Å². The van der Waals surface area contributed by atoms with Crippen molar-refractivity contribution in [2.24, 2.45) is 0 Å². The van der Waals surface area contributed by atoms with Crippen LogP contribution in [0.3, 0.4) is 0 Å². The van der Waals surface area contributed by atoms with Gasteiger partial charge in [-0.2, -0.15) is 0 Å². The number of carbonyl (C=O) groups is 2. The Morgan fingerprint density at radius 1 is 0.778 bits per heavy atom. The van der Waals surface area contributed by atoms with Gasteiger partial charge in [0.2, 0.25) is 21.7 Å². The number of rotatable bonds is 6. The van der Waals surface area contributed by atoms with Gasteiger partial charge in [0, 0.05) is 11.4 Å². The number of hydrogen-bond donors (Lipinski definition) is 2. The summed E-state index contributed by atoms with van der Waals surface area (Å²) < 4.78 is 25.8. The molecule has 0 unspecified atom stereocenters. The van der Waals surface area contributed by atoms with Crippen LogP contribution in [0.25, 0.3) is 0 Å². The molecular formula is C20H20N2O4S. The Labute approximate surface area is 158 Å². The van der Waals surface area contributed by atoms with Crippen LogP contribution in [0.2, 0.25) is 0 Å². The van der Waals surface area contributed by atoms with Gasteiger partial charge in [0.25, 0.3) is 0 Å². The lowest BCUT2D eigenvalue weighted by Crippen LogP contribution is -2.10. The molecule has 2 aromatic carbocycles. The molecule has 0 spiro atoms. The normalized spacial score (nSPS) is 11.6. The molecule has 0 bridgehead atoms. The highest BCUT2D eigenvalue weighted by Gasteiger charge is 2.19. The van der Waals surface area contributed by atoms with E-state index in [0.29, 0.717) is 11.4 Å². The van der Waals surface area contributed by atoms with Gasteiger partial charge in [0.1, 0.15) is 0 Å². The predicted octanol–water partition coefficient (Wildman–Crippen LogP) is 3.55. The lowest BCUT2D eigenvalue weighted by atomic mass is 10.3. The summed E-state index contributed by atoms with van der Waals surface area (Å²) >= 11 is 0. The zero-order valence-electron chi connectivity index (χ0n) is 15.0. The van der Waals surface area contributed by atoms with E-state index in [1.807, 2.05) is 0 Å². The largest absolute Gasteiger partial charge is 0.322 e. The van der Waals surface area contributed by atoms with Crippen molar-refractivity contribution in [2.45, 2.75) is 23.6 Å². The van der Waals surface area contributed by atoms with Crippen LogP contribution >= 0.6 is 0 Å². The highest BCUT2D eigenvalue weighted by atomic mass is 32.2. The van der Waals surface area contributed by atoms with Crippen LogP contribution in [0.5, 0.6) is 0 Å². The number of nitrogens with one attached hydrogen (secondary N) is 2. The highest BCUT2D eigenvalue weighted by Crippen LogP contribution is 2.25. The minimum atomic E-state index is -3.82. The summed E-state index contributed by atoms with van der Waals surface area (Å²) in [4.78, 5) is 23.4. The first kappa shape index (κ1) is 20.1. The van der Waals surface area contributed by atoms with Gasteiger partial charge in [-0.25, -0.2) is 8.42 Å². The van der Waals surface area contributed by atoms with E-state index in [9.17, 15) is 18.0 Å². The van der Waals surface area contributed by atoms with Gasteiger partial charge in [-0.05, 0) is 62.4 Å². The quantitative estimate of drug-likeness (QED) is 0.745. The molecule has 140 valence electrons. The van der Waals surface area contributed by atoms with Crippen LogP contribution in [0.15, 0.2) is 82.6 Å². The number of anilines is 2. The minimum Gasteiger partial charge on any atom is -0.322 e. The maximum absolute atomic E-state index is 12.9. The van der Waals surface area contributed by atoms with E-state index in [1.165, 1.54) is 36.4 Å². The van der Waals surface area contributed by atoms with Crippen molar-refractivity contribution in [1.29, 1.82) is 0 Å². The third-order valence-electron chi connectivity index (χ3n) is 3.46. The van der Waals surface area contributed by atoms with E-state index in [0.717, 1.165) is 0 Å². The van der Waals surface area contributed by atoms with Gasteiger partial charge in [0.05, 0.1) is 9.79 Å². The summed E-state index contributed by atoms with van der Waals surface area (Å²) in [5, 5.41) is 5.21. The standard InChI is InChI=1S/C20H20N2O4S/c1-3-7-19(23)21-15-9-5-11-17(13-15)27(25,26)18-12-6-10-16(14-18)22-20(24)8-4-2/h3-14H,1-2H3,(H,21,23)(H,22,24). The molecule has 2 aromatic rings. The fourth-order valence-electron chi connectivity index (χ4n) is 2.29. The predicted molar refractivity (Wildman–Crippen MR) is 105 cm³/mol. The van der Waals surface area contributed by atoms with Crippen molar-refractivity contribution in [2.75, 3.05) is 10.6 Å². The van der Waals surface area contributed by atoms with Crippen molar-refractivity contribution < 1.29 is 18.0 Å². The van der Waals surface area contributed by atoms with Gasteiger partial charge in [0.15, 0.2) is 0 Å². The molecule has 0 aliphatic rings. The topological polar surface area (TPSA) is 92.3 Å². The van der Waals surface area contributed by atoms with Crippen molar-refractivity contribution in [3.8, 4) is 0 Å². The van der Waals surface area contributed by atoms with Gasteiger partial charge in [-0.3, -0.25) is 9.59 Å². The van der Waals surface area contributed by atoms with E-state index in [1.54, 1.807) is 50.3 Å². The molecule has 27 heavy (non-hydrogen) atoms. The molecule has 2 N–H and O–H groups in total. The number of sulfone groups is 1. The van der Waals surface area contributed by atoms with Crippen molar-refractivity contribution in [3.05, 3.63) is 72.8 Å². The number of hydrogen-bond acceptors (Lipinski definition) is 4.